The maximum absolute atomic E-state index is 10.0. The van der Waals surface area contributed by atoms with E-state index in [0.717, 1.165) is 0 Å². The summed E-state index contributed by atoms with van der Waals surface area (Å²) in [5.74, 6) is 0.264. The van der Waals surface area contributed by atoms with Crippen LogP contribution in [0.1, 0.15) is 10.5 Å². The van der Waals surface area contributed by atoms with Crippen molar-refractivity contribution < 1.29 is 4.79 Å². The van der Waals surface area contributed by atoms with E-state index in [1.807, 2.05) is 0 Å². The van der Waals surface area contributed by atoms with E-state index in [2.05, 4.69) is 9.97 Å². The maximum atomic E-state index is 10.0. The van der Waals surface area contributed by atoms with Gasteiger partial charge in [-0.05, 0) is 0 Å². The largest absolute Gasteiger partial charge is 0.382 e. The van der Waals surface area contributed by atoms with Crippen LogP contribution >= 0.6 is 0 Å². The van der Waals surface area contributed by atoms with Crippen LogP contribution in [0, 0.1) is 0 Å². The van der Waals surface area contributed by atoms with Crippen LogP contribution in [0.2, 0.25) is 0 Å². The molecule has 4 heteroatoms. The molecule has 1 heterocycles. The van der Waals surface area contributed by atoms with Gasteiger partial charge in [-0.1, -0.05) is 0 Å². The molecule has 0 amide bonds. The second kappa shape index (κ2) is 2.21. The van der Waals surface area contributed by atoms with Crippen LogP contribution in [-0.4, -0.2) is 16.3 Å². The minimum atomic E-state index is 0.259. The molecule has 0 saturated carbocycles. The van der Waals surface area contributed by atoms with E-state index < -0.39 is 0 Å². The van der Waals surface area contributed by atoms with E-state index in [4.69, 9.17) is 5.73 Å². The van der Waals surface area contributed by atoms with Crippen molar-refractivity contribution in [3.63, 3.8) is 0 Å². The fraction of sp³-hybridized carbons (Fsp3) is 0. The molecule has 1 aromatic rings. The van der Waals surface area contributed by atoms with Crippen molar-refractivity contribution >= 4 is 12.1 Å². The number of hydrogen-bond donors (Lipinski definition) is 1. The van der Waals surface area contributed by atoms with Gasteiger partial charge in [0.15, 0.2) is 6.29 Å². The highest BCUT2D eigenvalue weighted by Crippen LogP contribution is 1.92. The van der Waals surface area contributed by atoms with Gasteiger partial charge in [0.05, 0.1) is 12.4 Å². The summed E-state index contributed by atoms with van der Waals surface area (Å²) in [5, 5.41) is 0. The molecule has 0 unspecified atom stereocenters. The summed E-state index contributed by atoms with van der Waals surface area (Å²) < 4.78 is 0. The zero-order valence-electron chi connectivity index (χ0n) is 4.61. The summed E-state index contributed by atoms with van der Waals surface area (Å²) >= 11 is 0. The average Bonchev–Trinajstić information content (AvgIpc) is 1.88. The molecule has 1 rings (SSSR count). The second-order valence-electron chi connectivity index (χ2n) is 1.49. The molecule has 0 bridgehead atoms. The summed E-state index contributed by atoms with van der Waals surface area (Å²) in [6, 6.07) is 0. The number of nitrogen functional groups attached to an aromatic ring is 1. The molecule has 0 fully saturated rings. The summed E-state index contributed by atoms with van der Waals surface area (Å²) in [4.78, 5) is 17.3. The van der Waals surface area contributed by atoms with E-state index in [9.17, 15) is 4.79 Å². The number of hydrogen-bond acceptors (Lipinski definition) is 4. The first-order valence-corrected chi connectivity index (χ1v) is 2.35. The van der Waals surface area contributed by atoms with E-state index in [1.165, 1.54) is 12.4 Å². The Morgan fingerprint density at radius 2 is 2.33 bits per heavy atom. The molecule has 0 saturated heterocycles. The number of anilines is 1. The van der Waals surface area contributed by atoms with Crippen LogP contribution in [0.5, 0.6) is 0 Å². The number of carbonyl (C=O) groups excluding carboxylic acids is 1. The number of rotatable bonds is 1. The van der Waals surface area contributed by atoms with E-state index in [1.54, 1.807) is 0 Å². The van der Waals surface area contributed by atoms with Crippen LogP contribution in [0.15, 0.2) is 12.4 Å². The Hall–Kier alpha value is -1.45. The van der Waals surface area contributed by atoms with Crippen LogP contribution in [-0.2, 0) is 0 Å². The fourth-order valence-electron chi connectivity index (χ4n) is 0.454. The first kappa shape index (κ1) is 5.68. The molecule has 0 spiro atoms. The Balaban J connectivity index is 3.07. The molecule has 0 aliphatic carbocycles. The standard InChI is InChI=1S/C5H5N3O/c6-5-2-7-1-4(3-9)8-5/h1-3H,(H2,6,8). The van der Waals surface area contributed by atoms with Crippen LogP contribution in [0.25, 0.3) is 0 Å². The fourth-order valence-corrected chi connectivity index (χ4v) is 0.454. The monoisotopic (exact) mass is 123 g/mol. The van der Waals surface area contributed by atoms with Crippen LogP contribution in [0.4, 0.5) is 5.82 Å². The lowest BCUT2D eigenvalue weighted by Crippen LogP contribution is -1.94. The predicted molar refractivity (Wildman–Crippen MR) is 31.8 cm³/mol. The molecule has 9 heavy (non-hydrogen) atoms. The Morgan fingerprint density at radius 3 is 2.78 bits per heavy atom. The Morgan fingerprint density at radius 1 is 1.56 bits per heavy atom. The quantitative estimate of drug-likeness (QED) is 0.528. The summed E-state index contributed by atoms with van der Waals surface area (Å²) in [7, 11) is 0. The van der Waals surface area contributed by atoms with Gasteiger partial charge in [-0.2, -0.15) is 0 Å². The topological polar surface area (TPSA) is 68.9 Å². The summed E-state index contributed by atoms with van der Waals surface area (Å²) in [6.45, 7) is 0. The number of aromatic nitrogens is 2. The predicted octanol–water partition coefficient (Wildman–Crippen LogP) is -0.129. The first-order chi connectivity index (χ1) is 4.33. The third-order valence-corrected chi connectivity index (χ3v) is 0.793. The third-order valence-electron chi connectivity index (χ3n) is 0.793. The van der Waals surface area contributed by atoms with Gasteiger partial charge in [0.2, 0.25) is 0 Å². The first-order valence-electron chi connectivity index (χ1n) is 2.35. The minimum Gasteiger partial charge on any atom is -0.382 e. The molecule has 0 atom stereocenters. The van der Waals surface area contributed by atoms with Gasteiger partial charge in [-0.3, -0.25) is 9.78 Å². The highest BCUT2D eigenvalue weighted by atomic mass is 16.1. The van der Waals surface area contributed by atoms with Gasteiger partial charge in [0.25, 0.3) is 0 Å². The molecular formula is C5H5N3O. The maximum Gasteiger partial charge on any atom is 0.170 e. The molecule has 2 N–H and O–H groups in total. The Bertz CT molecular complexity index is 223. The number of nitrogens with zero attached hydrogens (tertiary/aromatic N) is 2. The highest BCUT2D eigenvalue weighted by Gasteiger charge is 1.89. The van der Waals surface area contributed by atoms with Crippen molar-refractivity contribution in [2.24, 2.45) is 0 Å². The SMILES string of the molecule is Nc1cncc(C=O)n1. The van der Waals surface area contributed by atoms with E-state index in [0.29, 0.717) is 6.29 Å². The molecule has 0 aliphatic heterocycles. The smallest absolute Gasteiger partial charge is 0.170 e. The van der Waals surface area contributed by atoms with Gasteiger partial charge >= 0.3 is 0 Å². The molecule has 1 aromatic heterocycles. The highest BCUT2D eigenvalue weighted by molar-refractivity contribution is 5.71. The molecular weight excluding hydrogens is 118 g/mol. The molecule has 4 nitrogen and oxygen atoms in total. The van der Waals surface area contributed by atoms with Gasteiger partial charge in [-0.15, -0.1) is 0 Å². The van der Waals surface area contributed by atoms with Gasteiger partial charge < -0.3 is 5.73 Å². The lowest BCUT2D eigenvalue weighted by atomic mass is 10.5. The van der Waals surface area contributed by atoms with Crippen molar-refractivity contribution in [2.75, 3.05) is 5.73 Å². The summed E-state index contributed by atoms with van der Waals surface area (Å²) in [6.07, 6.45) is 3.33. The van der Waals surface area contributed by atoms with Crippen molar-refractivity contribution in [1.29, 1.82) is 0 Å². The van der Waals surface area contributed by atoms with Gasteiger partial charge in [0.1, 0.15) is 11.5 Å². The number of nitrogens with two attached hydrogens (primary N) is 1. The van der Waals surface area contributed by atoms with Gasteiger partial charge in [0, 0.05) is 0 Å². The molecule has 0 radical (unpaired) electrons. The Labute approximate surface area is 51.7 Å². The second-order valence-corrected chi connectivity index (χ2v) is 1.49. The van der Waals surface area contributed by atoms with E-state index in [-0.39, 0.29) is 11.5 Å². The molecule has 46 valence electrons. The van der Waals surface area contributed by atoms with E-state index >= 15 is 0 Å². The summed E-state index contributed by atoms with van der Waals surface area (Å²) in [5.41, 5.74) is 5.46. The van der Waals surface area contributed by atoms with Crippen molar-refractivity contribution in [3.05, 3.63) is 18.1 Å². The molecule has 0 aliphatic rings. The normalized spacial score (nSPS) is 8.89. The van der Waals surface area contributed by atoms with Crippen molar-refractivity contribution in [1.82, 2.24) is 9.97 Å². The molecule has 0 aromatic carbocycles. The lowest BCUT2D eigenvalue weighted by molar-refractivity contribution is 0.111. The van der Waals surface area contributed by atoms with Crippen LogP contribution in [0.3, 0.4) is 0 Å². The zero-order valence-corrected chi connectivity index (χ0v) is 4.61. The van der Waals surface area contributed by atoms with Crippen LogP contribution < -0.4 is 5.73 Å². The number of carbonyl (C=O) groups is 1. The van der Waals surface area contributed by atoms with Gasteiger partial charge in [-0.25, -0.2) is 4.98 Å². The number of aldehydes is 1. The third kappa shape index (κ3) is 1.22. The average molecular weight is 123 g/mol. The Kier molecular flexibility index (Phi) is 1.40. The van der Waals surface area contributed by atoms with Crippen molar-refractivity contribution in [2.45, 2.75) is 0 Å². The van der Waals surface area contributed by atoms with Crippen molar-refractivity contribution in [3.8, 4) is 0 Å². The minimum absolute atomic E-state index is 0.259. The lowest BCUT2D eigenvalue weighted by Gasteiger charge is -1.88. The zero-order chi connectivity index (χ0) is 6.69.